The first-order chi connectivity index (χ1) is 13.7. The maximum absolute atomic E-state index is 12.4. The van der Waals surface area contributed by atoms with Crippen LogP contribution in [0.5, 0.6) is 0 Å². The molecule has 1 aliphatic rings. The van der Waals surface area contributed by atoms with Crippen molar-refractivity contribution in [3.05, 3.63) is 52.6 Å². The van der Waals surface area contributed by atoms with E-state index in [2.05, 4.69) is 15.1 Å². The highest BCUT2D eigenvalue weighted by Gasteiger charge is 2.27. The van der Waals surface area contributed by atoms with E-state index in [0.29, 0.717) is 35.4 Å². The number of pyridine rings is 1. The van der Waals surface area contributed by atoms with Crippen LogP contribution in [0.2, 0.25) is 0 Å². The third kappa shape index (κ3) is 4.17. The molecule has 0 bridgehead atoms. The van der Waals surface area contributed by atoms with Gasteiger partial charge in [-0.25, -0.2) is 0 Å². The number of piperidine rings is 1. The van der Waals surface area contributed by atoms with Gasteiger partial charge in [-0.05, 0) is 36.4 Å². The van der Waals surface area contributed by atoms with Gasteiger partial charge in [0.25, 0.3) is 5.89 Å². The number of amides is 1. The molecule has 8 heteroatoms. The summed E-state index contributed by atoms with van der Waals surface area (Å²) in [4.78, 5) is 35.7. The van der Waals surface area contributed by atoms with Crippen LogP contribution in [0.1, 0.15) is 47.1 Å². The summed E-state index contributed by atoms with van der Waals surface area (Å²) in [6.07, 6.45) is 3.77. The van der Waals surface area contributed by atoms with Crippen molar-refractivity contribution in [2.24, 2.45) is 0 Å². The number of ketones is 1. The van der Waals surface area contributed by atoms with E-state index < -0.39 is 0 Å². The van der Waals surface area contributed by atoms with Crippen molar-refractivity contribution in [1.29, 1.82) is 0 Å². The highest BCUT2D eigenvalue weighted by molar-refractivity contribution is 7.12. The van der Waals surface area contributed by atoms with E-state index in [-0.39, 0.29) is 30.4 Å². The molecule has 1 amide bonds. The van der Waals surface area contributed by atoms with E-state index >= 15 is 0 Å². The van der Waals surface area contributed by atoms with Crippen molar-refractivity contribution in [2.45, 2.75) is 31.6 Å². The normalized spacial score (nSPS) is 14.9. The number of likely N-dealkylation sites (tertiary alicyclic amines) is 1. The molecule has 0 spiro atoms. The highest BCUT2D eigenvalue weighted by atomic mass is 32.1. The molecule has 3 aromatic rings. The van der Waals surface area contributed by atoms with Gasteiger partial charge in [0.2, 0.25) is 5.91 Å². The summed E-state index contributed by atoms with van der Waals surface area (Å²) in [6, 6.07) is 9.19. The minimum Gasteiger partial charge on any atom is -0.343 e. The minimum atomic E-state index is 0.0330. The van der Waals surface area contributed by atoms with Crippen LogP contribution in [0.25, 0.3) is 11.6 Å². The van der Waals surface area contributed by atoms with E-state index in [1.807, 2.05) is 34.5 Å². The fourth-order valence-electron chi connectivity index (χ4n) is 3.32. The second-order valence-corrected chi connectivity index (χ2v) is 7.68. The molecule has 0 radical (unpaired) electrons. The van der Waals surface area contributed by atoms with Gasteiger partial charge in [0.05, 0.1) is 4.88 Å². The molecule has 4 heterocycles. The number of nitrogens with zero attached hydrogens (tertiary/aromatic N) is 4. The summed E-state index contributed by atoms with van der Waals surface area (Å²) < 4.78 is 5.34. The SMILES string of the molecule is O=C(CCC(=O)N1CCC(c2noc(-c3ccccn3)n2)CC1)c1cccs1. The summed E-state index contributed by atoms with van der Waals surface area (Å²) in [7, 11) is 0. The van der Waals surface area contributed by atoms with Crippen LogP contribution in [0.3, 0.4) is 0 Å². The van der Waals surface area contributed by atoms with Gasteiger partial charge in [-0.3, -0.25) is 14.6 Å². The molecule has 0 aromatic carbocycles. The maximum Gasteiger partial charge on any atom is 0.276 e. The van der Waals surface area contributed by atoms with Crippen molar-refractivity contribution < 1.29 is 14.1 Å². The first-order valence-electron chi connectivity index (χ1n) is 9.30. The number of hydrogen-bond acceptors (Lipinski definition) is 7. The summed E-state index contributed by atoms with van der Waals surface area (Å²) in [5, 5.41) is 5.97. The molecular weight excluding hydrogens is 376 g/mol. The third-order valence-corrected chi connectivity index (χ3v) is 5.81. The number of thiophene rings is 1. The van der Waals surface area contributed by atoms with E-state index in [1.165, 1.54) is 11.3 Å². The van der Waals surface area contributed by atoms with Crippen molar-refractivity contribution in [3.63, 3.8) is 0 Å². The summed E-state index contributed by atoms with van der Waals surface area (Å²) in [5.41, 5.74) is 0.657. The molecule has 0 saturated carbocycles. The zero-order valence-corrected chi connectivity index (χ0v) is 16.1. The predicted octanol–water partition coefficient (Wildman–Crippen LogP) is 3.56. The van der Waals surface area contributed by atoms with Crippen LogP contribution < -0.4 is 0 Å². The van der Waals surface area contributed by atoms with Crippen LogP contribution in [0, 0.1) is 0 Å². The standard InChI is InChI=1S/C20H20N4O3S/c25-16(17-5-3-13-28-17)6-7-18(26)24-11-8-14(9-12-24)19-22-20(27-23-19)15-4-1-2-10-21-15/h1-5,10,13-14H,6-9,11-12H2. The molecule has 7 nitrogen and oxygen atoms in total. The molecule has 1 aliphatic heterocycles. The molecule has 1 saturated heterocycles. The second kappa shape index (κ2) is 8.43. The molecule has 0 unspecified atom stereocenters. The maximum atomic E-state index is 12.4. The number of carbonyl (C=O) groups is 2. The predicted molar refractivity (Wildman–Crippen MR) is 104 cm³/mol. The Morgan fingerprint density at radius 2 is 2.00 bits per heavy atom. The Bertz CT molecular complexity index is 932. The fourth-order valence-corrected chi connectivity index (χ4v) is 4.01. The van der Waals surface area contributed by atoms with Gasteiger partial charge in [0.1, 0.15) is 5.69 Å². The zero-order valence-electron chi connectivity index (χ0n) is 15.3. The third-order valence-electron chi connectivity index (χ3n) is 4.90. The number of aromatic nitrogens is 3. The smallest absolute Gasteiger partial charge is 0.276 e. The highest BCUT2D eigenvalue weighted by Crippen LogP contribution is 2.28. The molecule has 3 aromatic heterocycles. The topological polar surface area (TPSA) is 89.2 Å². The molecule has 0 atom stereocenters. The van der Waals surface area contributed by atoms with Gasteiger partial charge in [-0.15, -0.1) is 11.3 Å². The monoisotopic (exact) mass is 396 g/mol. The van der Waals surface area contributed by atoms with Crippen molar-refractivity contribution >= 4 is 23.0 Å². The summed E-state index contributed by atoms with van der Waals surface area (Å²) >= 11 is 1.41. The fraction of sp³-hybridized carbons (Fsp3) is 0.350. The minimum absolute atomic E-state index is 0.0330. The number of hydrogen-bond donors (Lipinski definition) is 0. The number of Topliss-reactive ketones (excluding diaryl/α,β-unsaturated/α-hetero) is 1. The molecule has 4 rings (SSSR count). The lowest BCUT2D eigenvalue weighted by Gasteiger charge is -2.30. The van der Waals surface area contributed by atoms with Crippen molar-refractivity contribution in [3.8, 4) is 11.6 Å². The first kappa shape index (κ1) is 18.5. The van der Waals surface area contributed by atoms with E-state index in [0.717, 1.165) is 12.8 Å². The Morgan fingerprint density at radius 1 is 1.14 bits per heavy atom. The Labute approximate surface area is 166 Å². The van der Waals surface area contributed by atoms with Gasteiger partial charge in [0.15, 0.2) is 11.6 Å². The van der Waals surface area contributed by atoms with E-state index in [9.17, 15) is 9.59 Å². The Morgan fingerprint density at radius 3 is 2.71 bits per heavy atom. The van der Waals surface area contributed by atoms with E-state index in [1.54, 1.807) is 12.3 Å². The van der Waals surface area contributed by atoms with Crippen LogP contribution >= 0.6 is 11.3 Å². The number of carbonyl (C=O) groups excluding carboxylic acids is 2. The quantitative estimate of drug-likeness (QED) is 0.592. The second-order valence-electron chi connectivity index (χ2n) is 6.73. The number of rotatable bonds is 6. The largest absolute Gasteiger partial charge is 0.343 e. The van der Waals surface area contributed by atoms with Crippen LogP contribution in [-0.4, -0.2) is 44.8 Å². The van der Waals surface area contributed by atoms with Gasteiger partial charge >= 0.3 is 0 Å². The van der Waals surface area contributed by atoms with E-state index in [4.69, 9.17) is 4.52 Å². The van der Waals surface area contributed by atoms with Crippen molar-refractivity contribution in [1.82, 2.24) is 20.0 Å². The lowest BCUT2D eigenvalue weighted by molar-refractivity contribution is -0.132. The molecular formula is C20H20N4O3S. The average Bonchev–Trinajstić information content (AvgIpc) is 3.45. The summed E-state index contributed by atoms with van der Waals surface area (Å²) in [5.74, 6) is 1.32. The molecule has 0 aliphatic carbocycles. The van der Waals surface area contributed by atoms with Crippen LogP contribution in [-0.2, 0) is 4.79 Å². The average molecular weight is 396 g/mol. The first-order valence-corrected chi connectivity index (χ1v) is 10.2. The zero-order chi connectivity index (χ0) is 19.3. The van der Waals surface area contributed by atoms with Crippen LogP contribution in [0.4, 0.5) is 0 Å². The van der Waals surface area contributed by atoms with Crippen molar-refractivity contribution in [2.75, 3.05) is 13.1 Å². The lowest BCUT2D eigenvalue weighted by atomic mass is 9.96. The van der Waals surface area contributed by atoms with Gasteiger partial charge in [-0.2, -0.15) is 4.98 Å². The molecule has 28 heavy (non-hydrogen) atoms. The Kier molecular flexibility index (Phi) is 5.57. The molecule has 0 N–H and O–H groups in total. The van der Waals surface area contributed by atoms with Gasteiger partial charge in [-0.1, -0.05) is 17.3 Å². The Hall–Kier alpha value is -2.87. The van der Waals surface area contributed by atoms with Gasteiger partial charge in [0, 0.05) is 38.0 Å². The lowest BCUT2D eigenvalue weighted by Crippen LogP contribution is -2.38. The van der Waals surface area contributed by atoms with Crippen LogP contribution in [0.15, 0.2) is 46.4 Å². The summed E-state index contributed by atoms with van der Waals surface area (Å²) in [6.45, 7) is 1.29. The molecule has 1 fully saturated rings. The Balaban J connectivity index is 1.28. The molecule has 144 valence electrons. The van der Waals surface area contributed by atoms with Gasteiger partial charge < -0.3 is 9.42 Å².